The smallest absolute Gasteiger partial charge is 0.363 e. The third-order valence-electron chi connectivity index (χ3n) is 2.37. The lowest BCUT2D eigenvalue weighted by molar-refractivity contribution is -0.283. The summed E-state index contributed by atoms with van der Waals surface area (Å²) in [7, 11) is 0. The Balaban J connectivity index is 4.53. The van der Waals surface area contributed by atoms with Crippen LogP contribution in [0.4, 0.5) is 13.2 Å². The van der Waals surface area contributed by atoms with E-state index in [2.05, 4.69) is 0 Å². The minimum absolute atomic E-state index is 0.289. The van der Waals surface area contributed by atoms with Crippen molar-refractivity contribution in [3.05, 3.63) is 0 Å². The van der Waals surface area contributed by atoms with E-state index in [1.165, 1.54) is 0 Å². The third-order valence-corrected chi connectivity index (χ3v) is 2.37. The van der Waals surface area contributed by atoms with Gasteiger partial charge in [-0.3, -0.25) is 0 Å². The molecule has 0 saturated carbocycles. The maximum absolute atomic E-state index is 12.5. The molecule has 1 nitrogen and oxygen atoms in total. The van der Waals surface area contributed by atoms with Crippen molar-refractivity contribution in [1.29, 1.82) is 0 Å². The molecule has 0 aliphatic carbocycles. The number of ether oxygens (including phenoxy) is 1. The van der Waals surface area contributed by atoms with E-state index in [0.29, 0.717) is 0 Å². The molecule has 86 valence electrons. The van der Waals surface area contributed by atoms with E-state index in [4.69, 9.17) is 4.74 Å². The van der Waals surface area contributed by atoms with Gasteiger partial charge in [-0.1, -0.05) is 20.8 Å². The summed E-state index contributed by atoms with van der Waals surface area (Å²) in [4.78, 5) is 0. The summed E-state index contributed by atoms with van der Waals surface area (Å²) in [5.41, 5.74) is -2.37. The number of hydrogen-bond acceptors (Lipinski definition) is 1. The average molecular weight is 212 g/mol. The third kappa shape index (κ3) is 3.48. The summed E-state index contributed by atoms with van der Waals surface area (Å²) in [6.45, 7) is 9.32. The van der Waals surface area contributed by atoms with Crippen LogP contribution < -0.4 is 0 Å². The van der Waals surface area contributed by atoms with Gasteiger partial charge in [0.05, 0.1) is 6.10 Å². The van der Waals surface area contributed by atoms with Crippen molar-refractivity contribution in [2.75, 3.05) is 0 Å². The first-order valence-corrected chi connectivity index (χ1v) is 4.62. The number of alkyl halides is 3. The van der Waals surface area contributed by atoms with E-state index in [1.54, 1.807) is 6.92 Å². The number of halogens is 3. The van der Waals surface area contributed by atoms with E-state index in [9.17, 15) is 13.2 Å². The molecule has 0 amide bonds. The molecule has 0 rings (SSSR count). The molecule has 0 aromatic carbocycles. The molecule has 0 aromatic heterocycles. The summed E-state index contributed by atoms with van der Waals surface area (Å²) in [6, 6.07) is 0. The first-order valence-electron chi connectivity index (χ1n) is 4.62. The largest absolute Gasteiger partial charge is 0.416 e. The lowest BCUT2D eigenvalue weighted by atomic mass is 9.89. The van der Waals surface area contributed by atoms with Crippen LogP contribution in [0, 0.1) is 5.41 Å². The van der Waals surface area contributed by atoms with Gasteiger partial charge in [0.25, 0.3) is 0 Å². The maximum atomic E-state index is 12.5. The molecule has 4 heteroatoms. The second kappa shape index (κ2) is 3.72. The molecule has 14 heavy (non-hydrogen) atoms. The highest BCUT2D eigenvalue weighted by atomic mass is 19.4. The van der Waals surface area contributed by atoms with E-state index >= 15 is 0 Å². The zero-order chi connectivity index (χ0) is 11.8. The second-order valence-corrected chi connectivity index (χ2v) is 5.13. The fourth-order valence-electron chi connectivity index (χ4n) is 0.686. The van der Waals surface area contributed by atoms with Crippen LogP contribution in [0.5, 0.6) is 0 Å². The molecule has 0 saturated heterocycles. The van der Waals surface area contributed by atoms with Crippen LogP contribution in [0.2, 0.25) is 0 Å². The number of hydrogen-bond donors (Lipinski definition) is 0. The van der Waals surface area contributed by atoms with Crippen LogP contribution in [0.25, 0.3) is 0 Å². The summed E-state index contributed by atoms with van der Waals surface area (Å²) < 4.78 is 42.4. The highest BCUT2D eigenvalue weighted by molar-refractivity contribution is 4.82. The Hall–Kier alpha value is -0.250. The molecular formula is C10H19F3O. The van der Waals surface area contributed by atoms with Crippen LogP contribution in [0.15, 0.2) is 0 Å². The quantitative estimate of drug-likeness (QED) is 0.676. The van der Waals surface area contributed by atoms with Crippen molar-refractivity contribution in [2.24, 2.45) is 5.41 Å². The molecule has 0 N–H and O–H groups in total. The molecule has 0 fully saturated rings. The average Bonchev–Trinajstić information content (AvgIpc) is 1.80. The van der Waals surface area contributed by atoms with E-state index in [1.807, 2.05) is 20.8 Å². The van der Waals surface area contributed by atoms with Gasteiger partial charge in [0, 0.05) is 0 Å². The molecule has 0 aromatic rings. The standard InChI is InChI=1S/C10H19F3O/c1-7(8(2,3)4)14-9(5,6)10(11,12)13/h7H,1-6H3. The van der Waals surface area contributed by atoms with Crippen molar-refractivity contribution in [3.8, 4) is 0 Å². The fraction of sp³-hybridized carbons (Fsp3) is 1.00. The van der Waals surface area contributed by atoms with Crippen molar-refractivity contribution in [2.45, 2.75) is 59.4 Å². The molecule has 0 aliphatic heterocycles. The normalized spacial score (nSPS) is 16.9. The monoisotopic (exact) mass is 212 g/mol. The molecule has 0 aliphatic rings. The summed E-state index contributed by atoms with van der Waals surface area (Å²) in [5, 5.41) is 0. The van der Waals surface area contributed by atoms with Crippen molar-refractivity contribution in [3.63, 3.8) is 0 Å². The van der Waals surface area contributed by atoms with Crippen LogP contribution in [0.3, 0.4) is 0 Å². The van der Waals surface area contributed by atoms with Gasteiger partial charge in [-0.2, -0.15) is 13.2 Å². The van der Waals surface area contributed by atoms with Crippen LogP contribution in [-0.2, 0) is 4.74 Å². The zero-order valence-electron chi connectivity index (χ0n) is 9.62. The Bertz CT molecular complexity index is 189. The van der Waals surface area contributed by atoms with Crippen molar-refractivity contribution < 1.29 is 17.9 Å². The Morgan fingerprint density at radius 2 is 1.29 bits per heavy atom. The van der Waals surface area contributed by atoms with E-state index in [-0.39, 0.29) is 5.41 Å². The lowest BCUT2D eigenvalue weighted by Crippen LogP contribution is -2.46. The molecule has 1 unspecified atom stereocenters. The van der Waals surface area contributed by atoms with Crippen molar-refractivity contribution in [1.82, 2.24) is 0 Å². The van der Waals surface area contributed by atoms with Gasteiger partial charge >= 0.3 is 6.18 Å². The summed E-state index contributed by atoms with van der Waals surface area (Å²) in [5.74, 6) is 0. The van der Waals surface area contributed by atoms with E-state index in [0.717, 1.165) is 13.8 Å². The van der Waals surface area contributed by atoms with Crippen LogP contribution in [-0.4, -0.2) is 17.9 Å². The molecule has 0 bridgehead atoms. The Morgan fingerprint density at radius 1 is 0.929 bits per heavy atom. The van der Waals surface area contributed by atoms with Gasteiger partial charge in [-0.05, 0) is 26.2 Å². The Kier molecular flexibility index (Phi) is 3.65. The topological polar surface area (TPSA) is 9.23 Å². The van der Waals surface area contributed by atoms with E-state index < -0.39 is 17.9 Å². The Morgan fingerprint density at radius 3 is 1.50 bits per heavy atom. The van der Waals surface area contributed by atoms with Gasteiger partial charge in [0.2, 0.25) is 0 Å². The predicted molar refractivity (Wildman–Crippen MR) is 50.1 cm³/mol. The molecule has 0 heterocycles. The fourth-order valence-corrected chi connectivity index (χ4v) is 0.686. The zero-order valence-corrected chi connectivity index (χ0v) is 9.62. The highest BCUT2D eigenvalue weighted by Gasteiger charge is 2.50. The minimum Gasteiger partial charge on any atom is -0.363 e. The van der Waals surface area contributed by atoms with Crippen LogP contribution in [0.1, 0.15) is 41.5 Å². The summed E-state index contributed by atoms with van der Waals surface area (Å²) in [6.07, 6.45) is -4.77. The molecule has 1 atom stereocenters. The van der Waals surface area contributed by atoms with Gasteiger partial charge in [-0.25, -0.2) is 0 Å². The van der Waals surface area contributed by atoms with Gasteiger partial charge in [0.15, 0.2) is 5.60 Å². The first kappa shape index (κ1) is 13.8. The predicted octanol–water partition coefficient (Wildman–Crippen LogP) is 3.78. The SMILES string of the molecule is CC(OC(C)(C)C(F)(F)F)C(C)(C)C. The molecule has 0 spiro atoms. The van der Waals surface area contributed by atoms with Gasteiger partial charge in [-0.15, -0.1) is 0 Å². The molecular weight excluding hydrogens is 193 g/mol. The lowest BCUT2D eigenvalue weighted by Gasteiger charge is -2.36. The maximum Gasteiger partial charge on any atom is 0.416 e. The summed E-state index contributed by atoms with van der Waals surface area (Å²) >= 11 is 0. The second-order valence-electron chi connectivity index (χ2n) is 5.13. The number of rotatable bonds is 2. The van der Waals surface area contributed by atoms with Crippen molar-refractivity contribution >= 4 is 0 Å². The minimum atomic E-state index is -4.33. The first-order chi connectivity index (χ1) is 5.88. The molecule has 0 radical (unpaired) electrons. The highest BCUT2D eigenvalue weighted by Crippen LogP contribution is 2.36. The van der Waals surface area contributed by atoms with Crippen LogP contribution >= 0.6 is 0 Å². The van der Waals surface area contributed by atoms with Gasteiger partial charge < -0.3 is 4.74 Å². The van der Waals surface area contributed by atoms with Gasteiger partial charge in [0.1, 0.15) is 0 Å². The Labute approximate surface area is 83.6 Å².